The van der Waals surface area contributed by atoms with Crippen LogP contribution in [0.5, 0.6) is 0 Å². The quantitative estimate of drug-likeness (QED) is 0.160. The second-order valence-corrected chi connectivity index (χ2v) is 16.5. The summed E-state index contributed by atoms with van der Waals surface area (Å²) >= 11 is 0. The first-order chi connectivity index (χ1) is 31.2. The molecule has 0 fully saturated rings. The molecule has 0 saturated carbocycles. The summed E-state index contributed by atoms with van der Waals surface area (Å²) in [5.41, 5.74) is 16.8. The molecule has 0 amide bonds. The molecule has 63 heavy (non-hydrogen) atoms. The van der Waals surface area contributed by atoms with Crippen molar-refractivity contribution < 1.29 is 0 Å². The molecule has 2 nitrogen and oxygen atoms in total. The summed E-state index contributed by atoms with van der Waals surface area (Å²) in [6.45, 7) is 0. The third-order valence-electron chi connectivity index (χ3n) is 13.0. The van der Waals surface area contributed by atoms with Gasteiger partial charge in [0.2, 0.25) is 0 Å². The number of hydrogen-bond acceptors (Lipinski definition) is 2. The van der Waals surface area contributed by atoms with E-state index in [4.69, 9.17) is 9.97 Å². The summed E-state index contributed by atoms with van der Waals surface area (Å²) in [6.07, 6.45) is 0. The van der Waals surface area contributed by atoms with Gasteiger partial charge in [-0.3, -0.25) is 0 Å². The Bertz CT molecular complexity index is 3430. The van der Waals surface area contributed by atoms with Gasteiger partial charge in [0.05, 0.1) is 16.8 Å². The lowest BCUT2D eigenvalue weighted by molar-refractivity contribution is 0.769. The van der Waals surface area contributed by atoms with Crippen molar-refractivity contribution in [3.8, 4) is 67.3 Å². The molecule has 0 atom stereocenters. The second kappa shape index (κ2) is 15.1. The molecule has 1 aromatic heterocycles. The van der Waals surface area contributed by atoms with Crippen LogP contribution >= 0.6 is 0 Å². The molecule has 0 radical (unpaired) electrons. The number of benzene rings is 10. The van der Waals surface area contributed by atoms with Crippen LogP contribution in [0.1, 0.15) is 22.3 Å². The lowest BCUT2D eigenvalue weighted by atomic mass is 9.67. The fraction of sp³-hybridized carbons (Fsp3) is 0.0164. The van der Waals surface area contributed by atoms with Gasteiger partial charge < -0.3 is 0 Å². The number of rotatable bonds is 7. The number of aromatic nitrogens is 2. The molecule has 1 heterocycles. The van der Waals surface area contributed by atoms with Crippen LogP contribution in [0.4, 0.5) is 0 Å². The van der Waals surface area contributed by atoms with E-state index in [1.807, 2.05) is 18.2 Å². The fourth-order valence-corrected chi connectivity index (χ4v) is 10.0. The molecular weight excluding hydrogens is 761 g/mol. The van der Waals surface area contributed by atoms with Crippen LogP contribution in [-0.2, 0) is 5.41 Å². The molecule has 0 N–H and O–H groups in total. The highest BCUT2D eigenvalue weighted by Gasteiger charge is 2.46. The van der Waals surface area contributed by atoms with Gasteiger partial charge in [0.25, 0.3) is 0 Å². The van der Waals surface area contributed by atoms with Crippen molar-refractivity contribution in [1.82, 2.24) is 9.97 Å². The molecule has 0 saturated heterocycles. The molecule has 0 spiro atoms. The predicted octanol–water partition coefficient (Wildman–Crippen LogP) is 15.5. The molecule has 0 unspecified atom stereocenters. The topological polar surface area (TPSA) is 25.8 Å². The lowest BCUT2D eigenvalue weighted by Gasteiger charge is -2.34. The third-order valence-corrected chi connectivity index (χ3v) is 13.0. The van der Waals surface area contributed by atoms with Crippen LogP contribution in [0.3, 0.4) is 0 Å². The minimum Gasteiger partial charge on any atom is -0.228 e. The Hall–Kier alpha value is -8.20. The highest BCUT2D eigenvalue weighted by Crippen LogP contribution is 2.57. The molecule has 294 valence electrons. The monoisotopic (exact) mass is 800 g/mol. The summed E-state index contributed by atoms with van der Waals surface area (Å²) < 4.78 is 0. The molecule has 1 aliphatic carbocycles. The smallest absolute Gasteiger partial charge is 0.160 e. The molecule has 12 rings (SSSR count). The van der Waals surface area contributed by atoms with Crippen molar-refractivity contribution in [3.05, 3.63) is 265 Å². The first kappa shape index (κ1) is 36.6. The van der Waals surface area contributed by atoms with Gasteiger partial charge in [-0.25, -0.2) is 9.97 Å². The maximum atomic E-state index is 5.28. The minimum atomic E-state index is -0.481. The van der Waals surface area contributed by atoms with Gasteiger partial charge in [0.15, 0.2) is 5.82 Å². The zero-order valence-corrected chi connectivity index (χ0v) is 34.5. The Morgan fingerprint density at radius 3 is 1.41 bits per heavy atom. The first-order valence-corrected chi connectivity index (χ1v) is 21.6. The second-order valence-electron chi connectivity index (χ2n) is 16.5. The van der Waals surface area contributed by atoms with E-state index in [9.17, 15) is 0 Å². The van der Waals surface area contributed by atoms with Crippen LogP contribution in [0.2, 0.25) is 0 Å². The molecule has 0 bridgehead atoms. The maximum Gasteiger partial charge on any atom is 0.160 e. The Kier molecular flexibility index (Phi) is 8.76. The van der Waals surface area contributed by atoms with Crippen molar-refractivity contribution >= 4 is 21.5 Å². The van der Waals surface area contributed by atoms with E-state index in [1.54, 1.807) is 0 Å². The Morgan fingerprint density at radius 2 is 0.746 bits per heavy atom. The zero-order valence-electron chi connectivity index (χ0n) is 34.5. The van der Waals surface area contributed by atoms with E-state index in [-0.39, 0.29) is 0 Å². The molecular formula is C61H40N2. The van der Waals surface area contributed by atoms with Crippen molar-refractivity contribution in [1.29, 1.82) is 0 Å². The molecule has 2 heteroatoms. The molecule has 1 aliphatic rings. The minimum absolute atomic E-state index is 0.481. The van der Waals surface area contributed by atoms with Gasteiger partial charge in [-0.15, -0.1) is 0 Å². The van der Waals surface area contributed by atoms with Gasteiger partial charge in [-0.05, 0) is 101 Å². The third kappa shape index (κ3) is 6.10. The lowest BCUT2D eigenvalue weighted by Crippen LogP contribution is -2.28. The average molecular weight is 801 g/mol. The SMILES string of the molecule is c1ccc(-c2ccc(-c3cc(-c4ccc(-c5ccc6c(c5)-c5cc7ccccc7cc5C6(c5ccccc5)c5ccccc5)c5ccccc45)nc(-c4ccccc4)n3)cc2)cc1. The predicted molar refractivity (Wildman–Crippen MR) is 262 cm³/mol. The van der Waals surface area contributed by atoms with Crippen LogP contribution < -0.4 is 0 Å². The summed E-state index contributed by atoms with van der Waals surface area (Å²) in [7, 11) is 0. The summed E-state index contributed by atoms with van der Waals surface area (Å²) in [4.78, 5) is 10.4. The molecule has 11 aromatic rings. The number of hydrogen-bond donors (Lipinski definition) is 0. The normalized spacial score (nSPS) is 12.6. The van der Waals surface area contributed by atoms with Crippen LogP contribution in [-0.4, -0.2) is 9.97 Å². The van der Waals surface area contributed by atoms with E-state index >= 15 is 0 Å². The van der Waals surface area contributed by atoms with Crippen molar-refractivity contribution in [2.24, 2.45) is 0 Å². The van der Waals surface area contributed by atoms with Crippen LogP contribution in [0.25, 0.3) is 88.8 Å². The highest BCUT2D eigenvalue weighted by molar-refractivity contribution is 6.06. The summed E-state index contributed by atoms with van der Waals surface area (Å²) in [6, 6.07) is 87.8. The van der Waals surface area contributed by atoms with Crippen LogP contribution in [0.15, 0.2) is 243 Å². The average Bonchev–Trinajstić information content (AvgIpc) is 3.65. The Morgan fingerprint density at radius 1 is 0.270 bits per heavy atom. The standard InChI is InChI=1S/C61H40N2/c1-5-17-41(18-6-1)42-29-31-43(32-30-42)58-40-59(63-60(62-58)44-19-7-2-8-20-44)53-35-34-50(51-27-15-16-28-52(51)53)47-33-36-56-54(38-47)55-37-45-21-13-14-22-46(45)39-57(55)61(56,48-23-9-3-10-24-48)49-25-11-4-12-26-49/h1-40H. The zero-order chi connectivity index (χ0) is 41.7. The van der Waals surface area contributed by atoms with E-state index in [2.05, 4.69) is 224 Å². The van der Waals surface area contributed by atoms with E-state index in [0.29, 0.717) is 5.82 Å². The van der Waals surface area contributed by atoms with Crippen molar-refractivity contribution in [3.63, 3.8) is 0 Å². The van der Waals surface area contributed by atoms with E-state index in [0.717, 1.165) is 33.5 Å². The number of fused-ring (bicyclic) bond motifs is 5. The Labute approximate surface area is 367 Å². The largest absolute Gasteiger partial charge is 0.228 e. The van der Waals surface area contributed by atoms with Gasteiger partial charge in [-0.2, -0.15) is 0 Å². The molecule has 0 aliphatic heterocycles. The Balaban J connectivity index is 1.03. The maximum absolute atomic E-state index is 5.28. The van der Waals surface area contributed by atoms with Gasteiger partial charge in [0.1, 0.15) is 0 Å². The van der Waals surface area contributed by atoms with Crippen LogP contribution in [0, 0.1) is 0 Å². The van der Waals surface area contributed by atoms with E-state index < -0.39 is 5.41 Å². The van der Waals surface area contributed by atoms with Crippen molar-refractivity contribution in [2.45, 2.75) is 5.41 Å². The van der Waals surface area contributed by atoms with Crippen molar-refractivity contribution in [2.75, 3.05) is 0 Å². The van der Waals surface area contributed by atoms with Gasteiger partial charge >= 0.3 is 0 Å². The highest BCUT2D eigenvalue weighted by atomic mass is 14.9. The van der Waals surface area contributed by atoms with E-state index in [1.165, 1.54) is 71.8 Å². The fourth-order valence-electron chi connectivity index (χ4n) is 10.0. The molecule has 10 aromatic carbocycles. The summed E-state index contributed by atoms with van der Waals surface area (Å²) in [5, 5.41) is 4.81. The first-order valence-electron chi connectivity index (χ1n) is 21.6. The van der Waals surface area contributed by atoms with Gasteiger partial charge in [0, 0.05) is 16.7 Å². The summed E-state index contributed by atoms with van der Waals surface area (Å²) in [5.74, 6) is 0.702. The van der Waals surface area contributed by atoms with Gasteiger partial charge in [-0.1, -0.05) is 218 Å². The number of nitrogens with zero attached hydrogens (tertiary/aromatic N) is 2.